The maximum absolute atomic E-state index is 12.3. The van der Waals surface area contributed by atoms with Crippen LogP contribution in [0.3, 0.4) is 0 Å². The molecule has 74 heavy (non-hydrogen) atoms. The van der Waals surface area contributed by atoms with E-state index in [1.165, 1.54) is 167 Å². The van der Waals surface area contributed by atoms with E-state index in [4.69, 9.17) is 9.47 Å². The lowest BCUT2D eigenvalue weighted by Crippen LogP contribution is -2.28. The molecule has 0 saturated heterocycles. The minimum atomic E-state index is -0.792. The summed E-state index contributed by atoms with van der Waals surface area (Å²) in [7, 11) is 0. The first-order valence-corrected chi connectivity index (χ1v) is 31.4. The van der Waals surface area contributed by atoms with E-state index in [-0.39, 0.29) is 25.2 Å². The van der Waals surface area contributed by atoms with E-state index < -0.39 is 6.10 Å². The normalized spacial score (nSPS) is 13.0. The first-order valence-electron chi connectivity index (χ1n) is 31.4. The minimum Gasteiger partial charge on any atom is -0.462 e. The highest BCUT2D eigenvalue weighted by atomic mass is 16.6. The molecule has 0 aliphatic rings. The third kappa shape index (κ3) is 61.1. The Morgan fingerprint density at radius 2 is 0.581 bits per heavy atom. The Balaban J connectivity index is 3.48. The molecule has 0 spiro atoms. The van der Waals surface area contributed by atoms with Crippen molar-refractivity contribution >= 4 is 11.9 Å². The van der Waals surface area contributed by atoms with Crippen molar-refractivity contribution in [3.05, 3.63) is 109 Å². The number of hydrogen-bond donors (Lipinski definition) is 1. The number of unbranched alkanes of at least 4 members (excludes halogenated alkanes) is 31. The molecular weight excluding hydrogens is 909 g/mol. The highest BCUT2D eigenvalue weighted by Gasteiger charge is 2.16. The number of carbonyl (C=O) groups is 2. The molecule has 424 valence electrons. The second kappa shape index (κ2) is 63.8. The SMILES string of the molecule is CC/C=C\C/C=C\C/C=C\C/C=C\C/C=C\C/C=C\CCCCCCC(=O)OC(CO)COC(=O)CCCCCCCCCCCCCCCCCCCCCCCC/C=C\C/C=C\C/C=C\CCCCCCC. The van der Waals surface area contributed by atoms with E-state index in [2.05, 4.69) is 123 Å². The Bertz CT molecular complexity index is 1440. The molecule has 0 aliphatic carbocycles. The molecule has 0 radical (unpaired) electrons. The van der Waals surface area contributed by atoms with Crippen LogP contribution in [0, 0.1) is 0 Å². The van der Waals surface area contributed by atoms with E-state index in [9.17, 15) is 14.7 Å². The molecule has 0 bridgehead atoms. The number of esters is 2. The number of aliphatic hydroxyl groups is 1. The third-order valence-electron chi connectivity index (χ3n) is 13.6. The molecule has 5 nitrogen and oxygen atoms in total. The van der Waals surface area contributed by atoms with Crippen LogP contribution >= 0.6 is 0 Å². The van der Waals surface area contributed by atoms with Crippen LogP contribution in [0.4, 0.5) is 0 Å². The predicted octanol–water partition coefficient (Wildman–Crippen LogP) is 21.6. The van der Waals surface area contributed by atoms with E-state index in [1.807, 2.05) is 0 Å². The lowest BCUT2D eigenvalue weighted by atomic mass is 10.0. The Hall–Kier alpha value is -3.44. The van der Waals surface area contributed by atoms with Gasteiger partial charge in [0, 0.05) is 12.8 Å². The van der Waals surface area contributed by atoms with Crippen LogP contribution in [0.25, 0.3) is 0 Å². The van der Waals surface area contributed by atoms with Gasteiger partial charge in [-0.05, 0) is 103 Å². The standard InChI is InChI=1S/C69H118O5/c1-3-5-7-9-11-13-15-17-19-21-23-25-27-28-29-30-31-32-33-34-35-36-37-38-39-40-42-43-45-47-49-51-53-55-57-59-61-63-68(71)73-66-67(65-70)74-69(72)64-62-60-58-56-54-52-50-48-46-44-41-26-24-22-20-18-16-14-12-10-8-6-4-2/h6,8,12,14-15,17-18,20-21,23-24,26-28,44,46,50,52,67,70H,3-5,7,9-11,13,16,19,22,25,29-43,45,47-49,51,53-66H2,1-2H3/b8-6-,14-12-,17-15-,20-18-,23-21-,26-24-,28-27-,46-44-,52-50-. The molecule has 0 aliphatic heterocycles. The largest absolute Gasteiger partial charge is 0.462 e. The lowest BCUT2D eigenvalue weighted by molar-refractivity contribution is -0.161. The van der Waals surface area contributed by atoms with E-state index in [0.29, 0.717) is 12.8 Å². The van der Waals surface area contributed by atoms with Gasteiger partial charge in [0.25, 0.3) is 0 Å². The van der Waals surface area contributed by atoms with E-state index in [0.717, 1.165) is 103 Å². The van der Waals surface area contributed by atoms with Crippen LogP contribution in [-0.2, 0) is 19.1 Å². The summed E-state index contributed by atoms with van der Waals surface area (Å²) in [5, 5.41) is 9.66. The number of rotatable bonds is 57. The fourth-order valence-corrected chi connectivity index (χ4v) is 8.86. The summed E-state index contributed by atoms with van der Waals surface area (Å²) >= 11 is 0. The molecule has 0 rings (SSSR count). The Morgan fingerprint density at radius 3 is 0.878 bits per heavy atom. The molecule has 1 atom stereocenters. The van der Waals surface area contributed by atoms with Crippen molar-refractivity contribution in [3.8, 4) is 0 Å². The lowest BCUT2D eigenvalue weighted by Gasteiger charge is -2.15. The van der Waals surface area contributed by atoms with Gasteiger partial charge in [-0.3, -0.25) is 9.59 Å². The van der Waals surface area contributed by atoms with Crippen molar-refractivity contribution in [2.45, 2.75) is 302 Å². The first-order chi connectivity index (χ1) is 36.6. The van der Waals surface area contributed by atoms with Gasteiger partial charge in [0.2, 0.25) is 0 Å². The molecule has 0 amide bonds. The zero-order valence-corrected chi connectivity index (χ0v) is 48.6. The average molecular weight is 1030 g/mol. The number of allylic oxidation sites excluding steroid dienone is 18. The van der Waals surface area contributed by atoms with Crippen LogP contribution in [0.15, 0.2) is 109 Å². The van der Waals surface area contributed by atoms with Gasteiger partial charge in [0.05, 0.1) is 6.61 Å². The van der Waals surface area contributed by atoms with Crippen molar-refractivity contribution in [2.75, 3.05) is 13.2 Å². The van der Waals surface area contributed by atoms with Gasteiger partial charge < -0.3 is 14.6 Å². The summed E-state index contributed by atoms with van der Waals surface area (Å²) in [6.07, 6.45) is 92.3. The quantitative estimate of drug-likeness (QED) is 0.0373. The van der Waals surface area contributed by atoms with E-state index in [1.54, 1.807) is 0 Å². The molecular formula is C69H118O5. The molecule has 5 heteroatoms. The second-order valence-corrected chi connectivity index (χ2v) is 20.8. The second-order valence-electron chi connectivity index (χ2n) is 20.8. The molecule has 0 aromatic heterocycles. The van der Waals surface area contributed by atoms with Crippen molar-refractivity contribution in [1.82, 2.24) is 0 Å². The maximum Gasteiger partial charge on any atom is 0.306 e. The van der Waals surface area contributed by atoms with Crippen LogP contribution in [0.1, 0.15) is 296 Å². The number of carbonyl (C=O) groups excluding carboxylic acids is 2. The minimum absolute atomic E-state index is 0.0797. The number of aliphatic hydroxyl groups excluding tert-OH is 1. The summed E-state index contributed by atoms with van der Waals surface area (Å²) in [5.41, 5.74) is 0. The molecule has 0 fully saturated rings. The average Bonchev–Trinajstić information content (AvgIpc) is 3.40. The van der Waals surface area contributed by atoms with Gasteiger partial charge >= 0.3 is 11.9 Å². The zero-order valence-electron chi connectivity index (χ0n) is 48.6. The Kier molecular flexibility index (Phi) is 60.9. The molecule has 0 aromatic carbocycles. The fraction of sp³-hybridized carbons (Fsp3) is 0.710. The summed E-state index contributed by atoms with van der Waals surface area (Å²) in [6, 6.07) is 0. The highest BCUT2D eigenvalue weighted by molar-refractivity contribution is 5.70. The predicted molar refractivity (Wildman–Crippen MR) is 325 cm³/mol. The van der Waals surface area contributed by atoms with Gasteiger partial charge in [-0.2, -0.15) is 0 Å². The van der Waals surface area contributed by atoms with E-state index >= 15 is 0 Å². The summed E-state index contributed by atoms with van der Waals surface area (Å²) < 4.78 is 10.7. The van der Waals surface area contributed by atoms with Gasteiger partial charge in [-0.15, -0.1) is 0 Å². The molecule has 1 unspecified atom stereocenters. The number of hydrogen-bond acceptors (Lipinski definition) is 5. The van der Waals surface area contributed by atoms with Gasteiger partial charge in [-0.25, -0.2) is 0 Å². The maximum atomic E-state index is 12.3. The summed E-state index contributed by atoms with van der Waals surface area (Å²) in [5.74, 6) is -0.616. The third-order valence-corrected chi connectivity index (χ3v) is 13.6. The fourth-order valence-electron chi connectivity index (χ4n) is 8.86. The van der Waals surface area contributed by atoms with Gasteiger partial charge in [0.15, 0.2) is 6.10 Å². The van der Waals surface area contributed by atoms with Crippen molar-refractivity contribution in [2.24, 2.45) is 0 Å². The molecule has 1 N–H and O–H groups in total. The van der Waals surface area contributed by atoms with Crippen LogP contribution in [-0.4, -0.2) is 36.4 Å². The topological polar surface area (TPSA) is 72.8 Å². The first kappa shape index (κ1) is 70.6. The summed E-state index contributed by atoms with van der Waals surface area (Å²) in [4.78, 5) is 24.6. The zero-order chi connectivity index (χ0) is 53.4. The number of ether oxygens (including phenoxy) is 2. The van der Waals surface area contributed by atoms with Gasteiger partial charge in [0.1, 0.15) is 6.61 Å². The van der Waals surface area contributed by atoms with Crippen LogP contribution < -0.4 is 0 Å². The Morgan fingerprint density at radius 1 is 0.324 bits per heavy atom. The highest BCUT2D eigenvalue weighted by Crippen LogP contribution is 2.17. The summed E-state index contributed by atoms with van der Waals surface area (Å²) in [6.45, 7) is 4.01. The molecule has 0 saturated carbocycles. The molecule has 0 heterocycles. The van der Waals surface area contributed by atoms with Crippen molar-refractivity contribution in [3.63, 3.8) is 0 Å². The molecule has 0 aromatic rings. The van der Waals surface area contributed by atoms with Crippen LogP contribution in [0.2, 0.25) is 0 Å². The monoisotopic (exact) mass is 1030 g/mol. The van der Waals surface area contributed by atoms with Crippen LogP contribution in [0.5, 0.6) is 0 Å². The smallest absolute Gasteiger partial charge is 0.306 e. The Labute approximate surface area is 459 Å². The van der Waals surface area contributed by atoms with Crippen molar-refractivity contribution in [1.29, 1.82) is 0 Å². The van der Waals surface area contributed by atoms with Gasteiger partial charge in [-0.1, -0.05) is 290 Å². The van der Waals surface area contributed by atoms with Crippen molar-refractivity contribution < 1.29 is 24.2 Å².